The van der Waals surface area contributed by atoms with Gasteiger partial charge in [0.15, 0.2) is 0 Å². The summed E-state index contributed by atoms with van der Waals surface area (Å²) in [6, 6.07) is 11.6. The molecule has 2 fully saturated rings. The highest BCUT2D eigenvalue weighted by molar-refractivity contribution is 6.03. The maximum atomic E-state index is 13.1. The topological polar surface area (TPSA) is 117 Å². The number of nitrogens with one attached hydrogen (secondary N) is 3. The fraction of sp³-hybridized carbons (Fsp3) is 0.438. The van der Waals surface area contributed by atoms with E-state index in [0.29, 0.717) is 23.8 Å². The molecule has 1 saturated carbocycles. The number of hydrogen-bond acceptors (Lipinski definition) is 7. The lowest BCUT2D eigenvalue weighted by molar-refractivity contribution is -0.132. The molecule has 4 N–H and O–H groups in total. The van der Waals surface area contributed by atoms with E-state index in [-0.39, 0.29) is 18.0 Å². The summed E-state index contributed by atoms with van der Waals surface area (Å²) in [4.78, 5) is 33.1. The Kier molecular flexibility index (Phi) is 8.57. The number of benzene rings is 2. The van der Waals surface area contributed by atoms with Crippen molar-refractivity contribution in [1.82, 2.24) is 25.7 Å². The first kappa shape index (κ1) is 28.4. The van der Waals surface area contributed by atoms with Crippen molar-refractivity contribution in [3.05, 3.63) is 58.7 Å². The zero-order chi connectivity index (χ0) is 29.1. The molecule has 3 aliphatic rings. The number of fused-ring (bicyclic) bond motifs is 5. The molecule has 10 heteroatoms. The minimum absolute atomic E-state index is 0.194. The van der Waals surface area contributed by atoms with Crippen LogP contribution in [0.25, 0.3) is 28.2 Å². The second-order valence-corrected chi connectivity index (χ2v) is 11.4. The molecule has 1 aliphatic carbocycles. The third kappa shape index (κ3) is 5.80. The Morgan fingerprint density at radius 3 is 2.64 bits per heavy atom. The molecule has 42 heavy (non-hydrogen) atoms. The third-order valence-electron chi connectivity index (χ3n) is 8.78. The number of methoxy groups -OCH3 is 1. The molecule has 0 unspecified atom stereocenters. The van der Waals surface area contributed by atoms with Crippen LogP contribution in [0.15, 0.2) is 42.0 Å². The van der Waals surface area contributed by atoms with E-state index in [1.165, 1.54) is 24.8 Å². The van der Waals surface area contributed by atoms with E-state index in [2.05, 4.69) is 25.7 Å². The second kappa shape index (κ2) is 12.7. The lowest BCUT2D eigenvalue weighted by atomic mass is 9.81. The number of aromatic nitrogens is 1. The van der Waals surface area contributed by atoms with Crippen molar-refractivity contribution < 1.29 is 24.4 Å². The molecule has 1 saturated heterocycles. The van der Waals surface area contributed by atoms with Gasteiger partial charge in [0.05, 0.1) is 24.9 Å². The van der Waals surface area contributed by atoms with Crippen LogP contribution in [0.1, 0.15) is 59.5 Å². The smallest absolute Gasteiger partial charge is 0.333 e. The third-order valence-corrected chi connectivity index (χ3v) is 8.78. The van der Waals surface area contributed by atoms with Gasteiger partial charge in [0.25, 0.3) is 5.91 Å². The van der Waals surface area contributed by atoms with Gasteiger partial charge >= 0.3 is 5.97 Å². The number of carboxylic acids is 1. The van der Waals surface area contributed by atoms with Gasteiger partial charge in [0, 0.05) is 61.3 Å². The van der Waals surface area contributed by atoms with Gasteiger partial charge in [-0.2, -0.15) is 10.4 Å². The molecule has 0 bridgehead atoms. The number of aliphatic carboxylic acids is 1. The molecular formula is C32H39N5O5. The van der Waals surface area contributed by atoms with Crippen LogP contribution >= 0.6 is 0 Å². The predicted molar refractivity (Wildman–Crippen MR) is 161 cm³/mol. The summed E-state index contributed by atoms with van der Waals surface area (Å²) >= 11 is 0. The Bertz CT molecular complexity index is 1500. The Labute approximate surface area is 245 Å². The summed E-state index contributed by atoms with van der Waals surface area (Å²) in [5.74, 6) is -0.290. The van der Waals surface area contributed by atoms with Crippen LogP contribution in [0.3, 0.4) is 0 Å². The summed E-state index contributed by atoms with van der Waals surface area (Å²) in [5, 5.41) is 14.5. The zero-order valence-corrected chi connectivity index (χ0v) is 24.1. The van der Waals surface area contributed by atoms with Crippen molar-refractivity contribution in [2.45, 2.75) is 44.6 Å². The van der Waals surface area contributed by atoms with Crippen molar-refractivity contribution >= 4 is 28.9 Å². The average Bonchev–Trinajstić information content (AvgIpc) is 3.23. The number of piperazine rings is 1. The lowest BCUT2D eigenvalue weighted by Crippen LogP contribution is -2.46. The van der Waals surface area contributed by atoms with Gasteiger partial charge in [0.1, 0.15) is 5.75 Å². The summed E-state index contributed by atoms with van der Waals surface area (Å²) in [7, 11) is 1.61. The molecule has 10 nitrogen and oxygen atoms in total. The number of hydrogen-bond donors (Lipinski definition) is 4. The Balaban J connectivity index is 1.33. The van der Waals surface area contributed by atoms with Gasteiger partial charge in [-0.25, -0.2) is 10.3 Å². The maximum Gasteiger partial charge on any atom is 0.333 e. The molecule has 0 radical (unpaired) electrons. The maximum absolute atomic E-state index is 13.1. The SMILES string of the molecule is COc1ccc2c(c1)C=C(C(=O)O)Cn1c-2c(C2CCCCC2)c2ccc(C(=O)NONCCN3CCNCC3)cc21. The van der Waals surface area contributed by atoms with Gasteiger partial charge in [-0.1, -0.05) is 25.3 Å². The minimum atomic E-state index is -0.966. The summed E-state index contributed by atoms with van der Waals surface area (Å²) in [5.41, 5.74) is 11.0. The summed E-state index contributed by atoms with van der Waals surface area (Å²) < 4.78 is 7.57. The number of carboxylic acid groups (broad SMARTS) is 1. The van der Waals surface area contributed by atoms with Crippen LogP contribution < -0.4 is 21.0 Å². The van der Waals surface area contributed by atoms with E-state index in [4.69, 9.17) is 9.68 Å². The van der Waals surface area contributed by atoms with Crippen LogP contribution in [-0.4, -0.2) is 72.8 Å². The van der Waals surface area contributed by atoms with Gasteiger partial charge < -0.3 is 19.7 Å². The van der Waals surface area contributed by atoms with Crippen LogP contribution in [-0.2, 0) is 16.3 Å². The van der Waals surface area contributed by atoms with Crippen molar-refractivity contribution in [1.29, 1.82) is 0 Å². The van der Waals surface area contributed by atoms with Gasteiger partial charge in [0.2, 0.25) is 0 Å². The highest BCUT2D eigenvalue weighted by Crippen LogP contribution is 2.47. The summed E-state index contributed by atoms with van der Waals surface area (Å²) in [6.45, 7) is 5.57. The monoisotopic (exact) mass is 573 g/mol. The number of rotatable bonds is 9. The van der Waals surface area contributed by atoms with Crippen LogP contribution in [0.4, 0.5) is 0 Å². The van der Waals surface area contributed by atoms with E-state index < -0.39 is 5.97 Å². The molecule has 6 rings (SSSR count). The fourth-order valence-corrected chi connectivity index (χ4v) is 6.64. The van der Waals surface area contributed by atoms with Crippen molar-refractivity contribution in [2.75, 3.05) is 46.4 Å². The normalized spacial score (nSPS) is 17.7. The molecule has 0 spiro atoms. The van der Waals surface area contributed by atoms with E-state index in [1.54, 1.807) is 13.2 Å². The largest absolute Gasteiger partial charge is 0.497 e. The number of carbonyl (C=O) groups excluding carboxylic acids is 1. The number of ether oxygens (including phenoxy) is 1. The van der Waals surface area contributed by atoms with E-state index in [9.17, 15) is 14.7 Å². The molecule has 222 valence electrons. The molecule has 3 heterocycles. The minimum Gasteiger partial charge on any atom is -0.497 e. The van der Waals surface area contributed by atoms with Gasteiger partial charge in [-0.05, 0) is 66.3 Å². The van der Waals surface area contributed by atoms with Gasteiger partial charge in [-0.15, -0.1) is 0 Å². The highest BCUT2D eigenvalue weighted by Gasteiger charge is 2.30. The number of amides is 1. The first-order valence-electron chi connectivity index (χ1n) is 14.9. The van der Waals surface area contributed by atoms with Crippen LogP contribution in [0, 0.1) is 0 Å². The molecule has 1 aromatic heterocycles. The fourth-order valence-electron chi connectivity index (χ4n) is 6.64. The molecule has 1 amide bonds. The molecule has 2 aromatic carbocycles. The number of hydroxylamine groups is 2. The second-order valence-electron chi connectivity index (χ2n) is 11.4. The molecule has 2 aliphatic heterocycles. The summed E-state index contributed by atoms with van der Waals surface area (Å²) in [6.07, 6.45) is 7.50. The molecule has 0 atom stereocenters. The number of nitrogens with zero attached hydrogens (tertiary/aromatic N) is 2. The molecule has 3 aromatic rings. The first-order chi connectivity index (χ1) is 20.5. The number of carbonyl (C=O) groups is 2. The zero-order valence-electron chi connectivity index (χ0n) is 24.1. The standard InChI is InChI=1S/C32H39N5O5/c1-41-25-8-10-26-23(18-25)17-24(32(39)40)20-37-28-19-22(31(38)35-42-34-13-16-36-14-11-33-12-15-36)7-9-27(28)29(30(26)37)21-5-3-2-4-6-21/h7-10,17-19,21,33-34H,2-6,11-16,20H2,1H3,(H,35,38)(H,39,40). The Hall–Kier alpha value is -3.70. The lowest BCUT2D eigenvalue weighted by Gasteiger charge is -2.26. The Morgan fingerprint density at radius 2 is 1.88 bits per heavy atom. The first-order valence-corrected chi connectivity index (χ1v) is 14.9. The van der Waals surface area contributed by atoms with E-state index in [0.717, 1.165) is 73.3 Å². The molecular weight excluding hydrogens is 534 g/mol. The van der Waals surface area contributed by atoms with Crippen molar-refractivity contribution in [2.24, 2.45) is 0 Å². The quantitative estimate of drug-likeness (QED) is 0.225. The highest BCUT2D eigenvalue weighted by atomic mass is 16.8. The van der Waals surface area contributed by atoms with Gasteiger partial charge in [-0.3, -0.25) is 9.69 Å². The Morgan fingerprint density at radius 1 is 1.07 bits per heavy atom. The van der Waals surface area contributed by atoms with Crippen LogP contribution in [0.5, 0.6) is 5.75 Å². The van der Waals surface area contributed by atoms with E-state index >= 15 is 0 Å². The van der Waals surface area contributed by atoms with Crippen LogP contribution in [0.2, 0.25) is 0 Å². The van der Waals surface area contributed by atoms with E-state index in [1.807, 2.05) is 36.4 Å². The predicted octanol–water partition coefficient (Wildman–Crippen LogP) is 3.92. The van der Waals surface area contributed by atoms with Crippen molar-refractivity contribution in [3.63, 3.8) is 0 Å². The average molecular weight is 574 g/mol. The van der Waals surface area contributed by atoms with Crippen molar-refractivity contribution in [3.8, 4) is 17.0 Å².